The third-order valence-corrected chi connectivity index (χ3v) is 4.97. The van der Waals surface area contributed by atoms with Crippen LogP contribution in [0.1, 0.15) is 5.56 Å². The van der Waals surface area contributed by atoms with E-state index in [2.05, 4.69) is 30.4 Å². The number of nitrogens with one attached hydrogen (secondary N) is 1. The number of amides is 1. The van der Waals surface area contributed by atoms with Crippen molar-refractivity contribution < 1.29 is 19.0 Å². The highest BCUT2D eigenvalue weighted by atomic mass is 35.5. The molecule has 1 amide bonds. The van der Waals surface area contributed by atoms with E-state index >= 15 is 0 Å². The molecule has 0 spiro atoms. The van der Waals surface area contributed by atoms with Crippen molar-refractivity contribution in [2.75, 3.05) is 32.2 Å². The third-order valence-electron chi connectivity index (χ3n) is 4.68. The minimum Gasteiger partial charge on any atom is -0.461 e. The summed E-state index contributed by atoms with van der Waals surface area (Å²) in [4.78, 5) is 30.0. The number of fused-ring (bicyclic) bond motifs is 1. The number of halogens is 1. The van der Waals surface area contributed by atoms with Gasteiger partial charge in [0.15, 0.2) is 11.5 Å². The monoisotopic (exact) mass is 483 g/mol. The molecule has 0 aliphatic heterocycles. The lowest BCUT2D eigenvalue weighted by molar-refractivity contribution is -0.125. The van der Waals surface area contributed by atoms with E-state index in [9.17, 15) is 4.79 Å². The number of rotatable bonds is 10. The largest absolute Gasteiger partial charge is 0.461 e. The highest BCUT2D eigenvalue weighted by Crippen LogP contribution is 2.26. The van der Waals surface area contributed by atoms with E-state index in [4.69, 9.17) is 25.8 Å². The average Bonchev–Trinajstić information content (AvgIpc) is 3.27. The van der Waals surface area contributed by atoms with Crippen LogP contribution in [0.3, 0.4) is 0 Å². The Balaban J connectivity index is 1.59. The first kappa shape index (κ1) is 23.5. The standard InChI is InChI=1S/C22H22ClN7O4/c1-14-5-6-18(25-10-14)29-21(31)17(12-33-9-8-32-2)34-22-15-11-28-30(19(15)26-13-27-22)20-16(23)4-3-7-24-20/h3-7,10-11,13,17H,8-9,12H2,1-2H3,(H,25,29,31). The summed E-state index contributed by atoms with van der Waals surface area (Å²) in [5.74, 6) is 0.523. The fourth-order valence-corrected chi connectivity index (χ4v) is 3.19. The highest BCUT2D eigenvalue weighted by molar-refractivity contribution is 6.32. The third kappa shape index (κ3) is 5.45. The molecule has 4 aromatic rings. The zero-order chi connectivity index (χ0) is 23.9. The van der Waals surface area contributed by atoms with Gasteiger partial charge in [0, 0.05) is 19.5 Å². The first-order valence-electron chi connectivity index (χ1n) is 10.3. The second kappa shape index (κ2) is 11.0. The Morgan fingerprint density at radius 2 is 2.03 bits per heavy atom. The molecule has 0 fully saturated rings. The Morgan fingerprint density at radius 1 is 1.15 bits per heavy atom. The second-order valence-corrected chi connectivity index (χ2v) is 7.57. The van der Waals surface area contributed by atoms with Gasteiger partial charge in [0.05, 0.1) is 31.0 Å². The highest BCUT2D eigenvalue weighted by Gasteiger charge is 2.24. The summed E-state index contributed by atoms with van der Waals surface area (Å²) in [6.07, 6.45) is 5.07. The molecule has 0 radical (unpaired) electrons. The summed E-state index contributed by atoms with van der Waals surface area (Å²) in [5.41, 5.74) is 1.40. The van der Waals surface area contributed by atoms with Gasteiger partial charge in [0.1, 0.15) is 17.5 Å². The summed E-state index contributed by atoms with van der Waals surface area (Å²) in [6.45, 7) is 2.55. The predicted molar refractivity (Wildman–Crippen MR) is 124 cm³/mol. The summed E-state index contributed by atoms with van der Waals surface area (Å²) in [5, 5.41) is 7.95. The van der Waals surface area contributed by atoms with Gasteiger partial charge >= 0.3 is 0 Å². The molecular formula is C22H22ClN7O4. The fraction of sp³-hybridized carbons (Fsp3) is 0.273. The summed E-state index contributed by atoms with van der Waals surface area (Å²) in [6, 6.07) is 6.97. The number of carbonyl (C=O) groups excluding carboxylic acids is 1. The topological polar surface area (TPSA) is 126 Å². The number of nitrogens with zero attached hydrogens (tertiary/aromatic N) is 6. The Bertz CT molecular complexity index is 1270. The van der Waals surface area contributed by atoms with Gasteiger partial charge < -0.3 is 19.5 Å². The van der Waals surface area contributed by atoms with Crippen molar-refractivity contribution in [2.24, 2.45) is 0 Å². The molecule has 0 saturated carbocycles. The number of methoxy groups -OCH3 is 1. The number of aromatic nitrogens is 6. The van der Waals surface area contributed by atoms with E-state index in [1.807, 2.05) is 13.0 Å². The van der Waals surface area contributed by atoms with E-state index in [0.717, 1.165) is 5.56 Å². The van der Waals surface area contributed by atoms with Gasteiger partial charge in [-0.2, -0.15) is 9.78 Å². The minimum atomic E-state index is -1.03. The zero-order valence-electron chi connectivity index (χ0n) is 18.5. The molecule has 4 aromatic heterocycles. The van der Waals surface area contributed by atoms with Gasteiger partial charge in [0.2, 0.25) is 12.0 Å². The lowest BCUT2D eigenvalue weighted by Gasteiger charge is -2.18. The SMILES string of the molecule is COCCOCC(Oc1ncnc2c1cnn2-c1ncccc1Cl)C(=O)Nc1ccc(C)cn1. The van der Waals surface area contributed by atoms with Crippen LogP contribution in [0.25, 0.3) is 16.9 Å². The quantitative estimate of drug-likeness (QED) is 0.338. The molecule has 4 heterocycles. The van der Waals surface area contributed by atoms with Crippen LogP contribution >= 0.6 is 11.6 Å². The molecule has 1 atom stereocenters. The van der Waals surface area contributed by atoms with Gasteiger partial charge in [-0.3, -0.25) is 4.79 Å². The van der Waals surface area contributed by atoms with Crippen molar-refractivity contribution in [1.82, 2.24) is 29.7 Å². The van der Waals surface area contributed by atoms with Crippen molar-refractivity contribution in [2.45, 2.75) is 13.0 Å². The average molecular weight is 484 g/mol. The van der Waals surface area contributed by atoms with Crippen molar-refractivity contribution in [3.8, 4) is 11.7 Å². The van der Waals surface area contributed by atoms with Crippen LogP contribution < -0.4 is 10.1 Å². The molecule has 0 aliphatic carbocycles. The van der Waals surface area contributed by atoms with E-state index in [-0.39, 0.29) is 12.5 Å². The lowest BCUT2D eigenvalue weighted by atomic mass is 10.3. The molecule has 1 unspecified atom stereocenters. The molecule has 0 saturated heterocycles. The van der Waals surface area contributed by atoms with Crippen LogP contribution in [0.4, 0.5) is 5.82 Å². The summed E-state index contributed by atoms with van der Waals surface area (Å²) in [7, 11) is 1.57. The molecule has 0 bridgehead atoms. The molecule has 12 heteroatoms. The number of carbonyl (C=O) groups is 1. The Morgan fingerprint density at radius 3 is 2.79 bits per heavy atom. The molecule has 1 N–H and O–H groups in total. The summed E-state index contributed by atoms with van der Waals surface area (Å²) < 4.78 is 18.0. The van der Waals surface area contributed by atoms with E-state index in [1.54, 1.807) is 37.7 Å². The molecule has 0 aromatic carbocycles. The van der Waals surface area contributed by atoms with Crippen LogP contribution in [-0.2, 0) is 14.3 Å². The normalized spacial score (nSPS) is 12.0. The number of aryl methyl sites for hydroxylation is 1. The maximum absolute atomic E-state index is 13.0. The lowest BCUT2D eigenvalue weighted by Crippen LogP contribution is -2.37. The first-order chi connectivity index (χ1) is 16.6. The van der Waals surface area contributed by atoms with Crippen molar-refractivity contribution >= 4 is 34.4 Å². The maximum Gasteiger partial charge on any atom is 0.269 e. The molecule has 11 nitrogen and oxygen atoms in total. The van der Waals surface area contributed by atoms with Gasteiger partial charge in [-0.15, -0.1) is 0 Å². The summed E-state index contributed by atoms with van der Waals surface area (Å²) >= 11 is 6.27. The Kier molecular flexibility index (Phi) is 7.58. The maximum atomic E-state index is 13.0. The number of anilines is 1. The predicted octanol–water partition coefficient (Wildman–Crippen LogP) is 2.62. The molecule has 4 rings (SSSR count). The molecular weight excluding hydrogens is 462 g/mol. The van der Waals surface area contributed by atoms with Crippen LogP contribution in [0.15, 0.2) is 49.2 Å². The number of hydrogen-bond acceptors (Lipinski definition) is 9. The van der Waals surface area contributed by atoms with E-state index < -0.39 is 12.0 Å². The molecule has 0 aliphatic rings. The van der Waals surface area contributed by atoms with Crippen LogP contribution in [0.5, 0.6) is 5.88 Å². The van der Waals surface area contributed by atoms with Gasteiger partial charge in [-0.1, -0.05) is 17.7 Å². The number of pyridine rings is 2. The Labute approximate surface area is 200 Å². The van der Waals surface area contributed by atoms with Crippen molar-refractivity contribution in [3.05, 3.63) is 59.8 Å². The van der Waals surface area contributed by atoms with Crippen molar-refractivity contribution in [3.63, 3.8) is 0 Å². The van der Waals surface area contributed by atoms with Crippen molar-refractivity contribution in [1.29, 1.82) is 0 Å². The smallest absolute Gasteiger partial charge is 0.269 e. The van der Waals surface area contributed by atoms with Gasteiger partial charge in [0.25, 0.3) is 5.91 Å². The van der Waals surface area contributed by atoms with Gasteiger partial charge in [-0.25, -0.2) is 19.9 Å². The molecule has 176 valence electrons. The Hall–Kier alpha value is -3.67. The van der Waals surface area contributed by atoms with Crippen LogP contribution in [0.2, 0.25) is 5.02 Å². The van der Waals surface area contributed by atoms with Crippen LogP contribution in [0, 0.1) is 6.92 Å². The van der Waals surface area contributed by atoms with E-state index in [1.165, 1.54) is 17.2 Å². The first-order valence-corrected chi connectivity index (χ1v) is 10.7. The van der Waals surface area contributed by atoms with Crippen LogP contribution in [-0.4, -0.2) is 68.7 Å². The minimum absolute atomic E-state index is 0.0350. The van der Waals surface area contributed by atoms with E-state index in [0.29, 0.717) is 40.9 Å². The fourth-order valence-electron chi connectivity index (χ4n) is 2.98. The molecule has 34 heavy (non-hydrogen) atoms. The second-order valence-electron chi connectivity index (χ2n) is 7.17. The zero-order valence-corrected chi connectivity index (χ0v) is 19.3. The number of ether oxygens (including phenoxy) is 3. The number of hydrogen-bond donors (Lipinski definition) is 1. The van der Waals surface area contributed by atoms with Gasteiger partial charge in [-0.05, 0) is 30.7 Å².